The standard InChI is InChI=1S/C40H78O5/c1-36(2)30-26-22-18-14-10-6-5-7-13-17-21-25-29-33-40(43)45-38(34-41)35-44-39(42)32-28-24-20-16-12-9-8-11-15-19-23-27-31-37(3)4/h36-38,41H,5-35H2,1-4H3/t38-/m0/s1. The number of esters is 2. The molecule has 0 saturated heterocycles. The summed E-state index contributed by atoms with van der Waals surface area (Å²) in [5.74, 6) is 1.11. The van der Waals surface area contributed by atoms with Crippen LogP contribution in [-0.4, -0.2) is 36.4 Å². The van der Waals surface area contributed by atoms with E-state index in [0.717, 1.165) is 50.4 Å². The Morgan fingerprint density at radius 2 is 0.733 bits per heavy atom. The first-order valence-electron chi connectivity index (χ1n) is 19.8. The van der Waals surface area contributed by atoms with Crippen LogP contribution in [0.5, 0.6) is 0 Å². The molecule has 0 aliphatic heterocycles. The lowest BCUT2D eigenvalue weighted by Gasteiger charge is -2.15. The Hall–Kier alpha value is -1.10. The third kappa shape index (κ3) is 35.6. The van der Waals surface area contributed by atoms with Crippen LogP contribution in [-0.2, 0) is 19.1 Å². The predicted octanol–water partition coefficient (Wildman–Crippen LogP) is 12.1. The van der Waals surface area contributed by atoms with Gasteiger partial charge in [-0.2, -0.15) is 0 Å². The van der Waals surface area contributed by atoms with Gasteiger partial charge in [0.1, 0.15) is 6.61 Å². The molecule has 0 aliphatic rings. The van der Waals surface area contributed by atoms with E-state index >= 15 is 0 Å². The first kappa shape index (κ1) is 43.9. The molecule has 5 nitrogen and oxygen atoms in total. The van der Waals surface area contributed by atoms with Crippen molar-refractivity contribution in [2.24, 2.45) is 11.8 Å². The van der Waals surface area contributed by atoms with Gasteiger partial charge in [0.05, 0.1) is 6.61 Å². The number of aliphatic hydroxyl groups is 1. The van der Waals surface area contributed by atoms with Gasteiger partial charge in [-0.1, -0.05) is 188 Å². The SMILES string of the molecule is CC(C)CCCCCCCCCCCCCCCC(=O)O[C@@H](CO)COC(=O)CCCCCCCCCCCCCCC(C)C. The highest BCUT2D eigenvalue weighted by atomic mass is 16.6. The number of carbonyl (C=O) groups is 2. The van der Waals surface area contributed by atoms with Crippen molar-refractivity contribution in [1.29, 1.82) is 0 Å². The summed E-state index contributed by atoms with van der Waals surface area (Å²) in [5.41, 5.74) is 0. The van der Waals surface area contributed by atoms with E-state index in [1.807, 2.05) is 0 Å². The Balaban J connectivity index is 3.50. The average Bonchev–Trinajstić information content (AvgIpc) is 3.00. The second-order valence-corrected chi connectivity index (χ2v) is 14.7. The number of carbonyl (C=O) groups excluding carboxylic acids is 2. The second kappa shape index (κ2) is 34.2. The minimum absolute atomic E-state index is 0.0586. The molecule has 0 rings (SSSR count). The molecule has 0 amide bonds. The zero-order valence-corrected chi connectivity index (χ0v) is 30.7. The van der Waals surface area contributed by atoms with E-state index in [9.17, 15) is 14.7 Å². The number of hydrogen-bond donors (Lipinski definition) is 1. The minimum atomic E-state index is -0.762. The molecule has 268 valence electrons. The van der Waals surface area contributed by atoms with Crippen molar-refractivity contribution in [3.63, 3.8) is 0 Å². The van der Waals surface area contributed by atoms with Gasteiger partial charge >= 0.3 is 11.9 Å². The van der Waals surface area contributed by atoms with Crippen LogP contribution in [0.15, 0.2) is 0 Å². The monoisotopic (exact) mass is 639 g/mol. The van der Waals surface area contributed by atoms with Crippen molar-refractivity contribution >= 4 is 11.9 Å². The first-order chi connectivity index (χ1) is 21.8. The fourth-order valence-electron chi connectivity index (χ4n) is 5.98. The van der Waals surface area contributed by atoms with E-state index in [2.05, 4.69) is 27.7 Å². The molecule has 0 saturated carbocycles. The molecule has 0 aliphatic carbocycles. The number of rotatable bonds is 35. The minimum Gasteiger partial charge on any atom is -0.462 e. The highest BCUT2D eigenvalue weighted by molar-refractivity contribution is 5.70. The van der Waals surface area contributed by atoms with E-state index in [1.165, 1.54) is 135 Å². The fourth-order valence-corrected chi connectivity index (χ4v) is 5.98. The molecule has 1 N–H and O–H groups in total. The van der Waals surface area contributed by atoms with E-state index in [4.69, 9.17) is 9.47 Å². The van der Waals surface area contributed by atoms with E-state index in [0.29, 0.717) is 12.8 Å². The molecule has 0 spiro atoms. The maximum absolute atomic E-state index is 12.2. The van der Waals surface area contributed by atoms with Crippen LogP contribution >= 0.6 is 0 Å². The van der Waals surface area contributed by atoms with Crippen molar-refractivity contribution < 1.29 is 24.2 Å². The lowest BCUT2D eigenvalue weighted by Crippen LogP contribution is -2.28. The molecule has 0 aromatic rings. The molecular formula is C40H78O5. The normalized spacial score (nSPS) is 12.2. The van der Waals surface area contributed by atoms with Gasteiger partial charge in [-0.3, -0.25) is 9.59 Å². The Morgan fingerprint density at radius 1 is 0.444 bits per heavy atom. The number of hydrogen-bond acceptors (Lipinski definition) is 5. The van der Waals surface area contributed by atoms with Crippen LogP contribution in [0.3, 0.4) is 0 Å². The third-order valence-electron chi connectivity index (χ3n) is 9.01. The summed E-state index contributed by atoms with van der Waals surface area (Å²) < 4.78 is 10.6. The zero-order chi connectivity index (χ0) is 33.2. The molecule has 0 fully saturated rings. The van der Waals surface area contributed by atoms with Gasteiger partial charge < -0.3 is 14.6 Å². The summed E-state index contributed by atoms with van der Waals surface area (Å²) in [4.78, 5) is 24.2. The summed E-state index contributed by atoms with van der Waals surface area (Å²) in [6.07, 6.45) is 34.5. The molecule has 0 aromatic heterocycles. The van der Waals surface area contributed by atoms with Gasteiger partial charge in [0.2, 0.25) is 0 Å². The Labute approximate surface area is 280 Å². The molecule has 45 heavy (non-hydrogen) atoms. The highest BCUT2D eigenvalue weighted by Gasteiger charge is 2.16. The quantitative estimate of drug-likeness (QED) is 0.0552. The second-order valence-electron chi connectivity index (χ2n) is 14.7. The van der Waals surface area contributed by atoms with Crippen molar-refractivity contribution in [2.45, 2.75) is 220 Å². The van der Waals surface area contributed by atoms with E-state index < -0.39 is 6.10 Å². The van der Waals surface area contributed by atoms with Crippen LogP contribution in [0.4, 0.5) is 0 Å². The zero-order valence-electron chi connectivity index (χ0n) is 30.7. The molecular weight excluding hydrogens is 560 g/mol. The number of unbranched alkanes of at least 4 members (excludes halogenated alkanes) is 23. The topological polar surface area (TPSA) is 72.8 Å². The smallest absolute Gasteiger partial charge is 0.306 e. The van der Waals surface area contributed by atoms with Gasteiger partial charge in [-0.15, -0.1) is 0 Å². The van der Waals surface area contributed by atoms with Crippen LogP contribution < -0.4 is 0 Å². The summed E-state index contributed by atoms with van der Waals surface area (Å²) in [7, 11) is 0. The number of aliphatic hydroxyl groups excluding tert-OH is 1. The Bertz CT molecular complexity index is 632. The van der Waals surface area contributed by atoms with E-state index in [1.54, 1.807) is 0 Å². The van der Waals surface area contributed by atoms with Crippen LogP contribution in [0, 0.1) is 11.8 Å². The van der Waals surface area contributed by atoms with Crippen molar-refractivity contribution in [1.82, 2.24) is 0 Å². The maximum Gasteiger partial charge on any atom is 0.306 e. The first-order valence-corrected chi connectivity index (χ1v) is 19.8. The fraction of sp³-hybridized carbons (Fsp3) is 0.950. The van der Waals surface area contributed by atoms with Crippen molar-refractivity contribution in [3.8, 4) is 0 Å². The van der Waals surface area contributed by atoms with Crippen LogP contribution in [0.2, 0.25) is 0 Å². The lowest BCUT2D eigenvalue weighted by atomic mass is 10.0. The molecule has 0 heterocycles. The highest BCUT2D eigenvalue weighted by Crippen LogP contribution is 2.16. The van der Waals surface area contributed by atoms with E-state index in [-0.39, 0.29) is 25.2 Å². The maximum atomic E-state index is 12.2. The van der Waals surface area contributed by atoms with Gasteiger partial charge in [-0.05, 0) is 24.7 Å². The predicted molar refractivity (Wildman–Crippen MR) is 191 cm³/mol. The summed E-state index contributed by atoms with van der Waals surface area (Å²) in [6.45, 7) is 8.86. The largest absolute Gasteiger partial charge is 0.462 e. The van der Waals surface area contributed by atoms with Gasteiger partial charge in [0.25, 0.3) is 0 Å². The molecule has 0 radical (unpaired) electrons. The summed E-state index contributed by atoms with van der Waals surface area (Å²) in [5, 5.41) is 9.55. The average molecular weight is 639 g/mol. The van der Waals surface area contributed by atoms with Gasteiger partial charge in [0.15, 0.2) is 6.10 Å². The molecule has 1 atom stereocenters. The molecule has 0 aromatic carbocycles. The number of ether oxygens (including phenoxy) is 2. The summed E-state index contributed by atoms with van der Waals surface area (Å²) in [6, 6.07) is 0. The van der Waals surface area contributed by atoms with Crippen molar-refractivity contribution in [3.05, 3.63) is 0 Å². The summed E-state index contributed by atoms with van der Waals surface area (Å²) >= 11 is 0. The lowest BCUT2D eigenvalue weighted by molar-refractivity contribution is -0.161. The van der Waals surface area contributed by atoms with Gasteiger partial charge in [-0.25, -0.2) is 0 Å². The molecule has 0 bridgehead atoms. The van der Waals surface area contributed by atoms with Crippen LogP contribution in [0.1, 0.15) is 214 Å². The van der Waals surface area contributed by atoms with Crippen molar-refractivity contribution in [2.75, 3.05) is 13.2 Å². The third-order valence-corrected chi connectivity index (χ3v) is 9.01. The molecule has 0 unspecified atom stereocenters. The van der Waals surface area contributed by atoms with Crippen LogP contribution in [0.25, 0.3) is 0 Å². The Morgan fingerprint density at radius 3 is 1.04 bits per heavy atom. The molecule has 5 heteroatoms. The van der Waals surface area contributed by atoms with Gasteiger partial charge in [0, 0.05) is 12.8 Å². The Kier molecular flexibility index (Phi) is 33.4.